The van der Waals surface area contributed by atoms with E-state index in [1.807, 2.05) is 26.0 Å². The third-order valence-corrected chi connectivity index (χ3v) is 7.15. The molecule has 2 aliphatic rings. The number of aryl methyl sites for hydroxylation is 2. The lowest BCUT2D eigenvalue weighted by Gasteiger charge is -2.23. The summed E-state index contributed by atoms with van der Waals surface area (Å²) in [6, 6.07) is 6.14. The first-order chi connectivity index (χ1) is 12.1. The van der Waals surface area contributed by atoms with Crippen LogP contribution in [0.5, 0.6) is 0 Å². The number of amides is 1. The molecule has 1 atom stereocenters. The van der Waals surface area contributed by atoms with Crippen molar-refractivity contribution in [2.45, 2.75) is 42.3 Å². The Bertz CT molecular complexity index is 804. The monoisotopic (exact) mass is 410 g/mol. The molecule has 1 aliphatic carbocycles. The summed E-state index contributed by atoms with van der Waals surface area (Å²) in [6.45, 7) is 6.08. The van der Waals surface area contributed by atoms with Gasteiger partial charge in [-0.25, -0.2) is 0 Å². The van der Waals surface area contributed by atoms with Crippen molar-refractivity contribution < 1.29 is 4.79 Å². The third kappa shape index (κ3) is 4.06. The molecule has 1 unspecified atom stereocenters. The van der Waals surface area contributed by atoms with Gasteiger partial charge < -0.3 is 10.6 Å². The zero-order valence-corrected chi connectivity index (χ0v) is 17.3. The van der Waals surface area contributed by atoms with Crippen LogP contribution in [-0.4, -0.2) is 29.2 Å². The van der Waals surface area contributed by atoms with E-state index >= 15 is 0 Å². The van der Waals surface area contributed by atoms with Crippen LogP contribution in [-0.2, 0) is 4.79 Å². The lowest BCUT2D eigenvalue weighted by molar-refractivity contribution is -0.118. The number of carbonyl (C=O) groups is 1. The Morgan fingerprint density at radius 1 is 1.31 bits per heavy atom. The lowest BCUT2D eigenvalue weighted by atomic mass is 9.91. The van der Waals surface area contributed by atoms with Gasteiger partial charge in [-0.15, -0.1) is 22.6 Å². The van der Waals surface area contributed by atoms with E-state index in [0.29, 0.717) is 0 Å². The molecule has 2 N–H and O–H groups in total. The quantitative estimate of drug-likeness (QED) is 0.795. The van der Waals surface area contributed by atoms with Crippen molar-refractivity contribution >= 4 is 47.1 Å². The van der Waals surface area contributed by atoms with E-state index in [1.54, 1.807) is 23.1 Å². The summed E-state index contributed by atoms with van der Waals surface area (Å²) in [5.74, 6) is 0.373. The van der Waals surface area contributed by atoms with Gasteiger partial charge in [-0.1, -0.05) is 23.1 Å². The van der Waals surface area contributed by atoms with E-state index in [4.69, 9.17) is 0 Å². The summed E-state index contributed by atoms with van der Waals surface area (Å²) in [6.07, 6.45) is 3.30. The van der Waals surface area contributed by atoms with E-state index in [1.165, 1.54) is 0 Å². The molecule has 1 saturated carbocycles. The van der Waals surface area contributed by atoms with Crippen LogP contribution < -0.4 is 10.6 Å². The fourth-order valence-electron chi connectivity index (χ4n) is 3.68. The van der Waals surface area contributed by atoms with Crippen LogP contribution in [0.25, 0.3) is 0 Å². The first-order valence-corrected chi connectivity index (χ1v) is 10.3. The SMILES string of the molecule is Cc1nnc(Sc2ccc(NC(=O)C3CC34CCNCC4)c(C)c2)s1.Cl. The second kappa shape index (κ2) is 7.84. The Balaban J connectivity index is 0.00000196. The normalized spacial score (nSPS) is 20.5. The number of carbonyl (C=O) groups excluding carboxylic acids is 1. The van der Waals surface area contributed by atoms with Gasteiger partial charge >= 0.3 is 0 Å². The Morgan fingerprint density at radius 2 is 2.08 bits per heavy atom. The second-order valence-electron chi connectivity index (χ2n) is 7.02. The fourth-order valence-corrected chi connectivity index (χ4v) is 5.56. The number of rotatable bonds is 4. The number of nitrogens with one attached hydrogen (secondary N) is 2. The summed E-state index contributed by atoms with van der Waals surface area (Å²) >= 11 is 3.21. The van der Waals surface area contributed by atoms with Crippen molar-refractivity contribution in [2.75, 3.05) is 18.4 Å². The minimum atomic E-state index is 0. The molecule has 1 saturated heterocycles. The zero-order chi connectivity index (χ0) is 17.4. The van der Waals surface area contributed by atoms with E-state index in [-0.39, 0.29) is 29.6 Å². The van der Waals surface area contributed by atoms with Gasteiger partial charge in [-0.2, -0.15) is 0 Å². The summed E-state index contributed by atoms with van der Waals surface area (Å²) in [5, 5.41) is 15.7. The van der Waals surface area contributed by atoms with Crippen molar-refractivity contribution in [3.8, 4) is 0 Å². The van der Waals surface area contributed by atoms with Gasteiger partial charge in [0.1, 0.15) is 5.01 Å². The topological polar surface area (TPSA) is 66.9 Å². The molecule has 1 spiro atoms. The van der Waals surface area contributed by atoms with Crippen LogP contribution >= 0.6 is 35.5 Å². The number of benzene rings is 1. The van der Waals surface area contributed by atoms with Crippen LogP contribution in [0.1, 0.15) is 29.8 Å². The molecule has 0 bridgehead atoms. The maximum atomic E-state index is 12.6. The molecule has 5 nitrogen and oxygen atoms in total. The average molecular weight is 411 g/mol. The highest BCUT2D eigenvalue weighted by Crippen LogP contribution is 2.58. The summed E-state index contributed by atoms with van der Waals surface area (Å²) in [5.41, 5.74) is 2.27. The summed E-state index contributed by atoms with van der Waals surface area (Å²) < 4.78 is 0.944. The Labute approximate surface area is 168 Å². The van der Waals surface area contributed by atoms with Gasteiger partial charge in [0.2, 0.25) is 5.91 Å². The van der Waals surface area contributed by atoms with E-state index in [9.17, 15) is 4.79 Å². The first-order valence-electron chi connectivity index (χ1n) is 8.66. The smallest absolute Gasteiger partial charge is 0.228 e. The van der Waals surface area contributed by atoms with E-state index in [2.05, 4.69) is 26.9 Å². The van der Waals surface area contributed by atoms with Crippen molar-refractivity contribution in [2.24, 2.45) is 11.3 Å². The number of nitrogens with zero attached hydrogens (tertiary/aromatic N) is 2. The second-order valence-corrected chi connectivity index (χ2v) is 9.53. The molecule has 1 amide bonds. The van der Waals surface area contributed by atoms with Crippen LogP contribution in [0.15, 0.2) is 27.4 Å². The van der Waals surface area contributed by atoms with Crippen molar-refractivity contribution in [3.05, 3.63) is 28.8 Å². The molecule has 1 aromatic heterocycles. The number of anilines is 1. The van der Waals surface area contributed by atoms with Gasteiger partial charge in [0.15, 0.2) is 4.34 Å². The third-order valence-electron chi connectivity index (χ3n) is 5.27. The molecule has 140 valence electrons. The number of halogens is 1. The van der Waals surface area contributed by atoms with Crippen LogP contribution in [0.3, 0.4) is 0 Å². The molecule has 1 aliphatic heterocycles. The fraction of sp³-hybridized carbons (Fsp3) is 0.500. The zero-order valence-electron chi connectivity index (χ0n) is 14.9. The van der Waals surface area contributed by atoms with Gasteiger partial charge in [0.05, 0.1) is 0 Å². The Hall–Kier alpha value is -1.15. The maximum Gasteiger partial charge on any atom is 0.228 e. The minimum Gasteiger partial charge on any atom is -0.326 e. The van der Waals surface area contributed by atoms with E-state index < -0.39 is 0 Å². The first kappa shape index (κ1) is 19.6. The molecule has 2 heterocycles. The van der Waals surface area contributed by atoms with Gasteiger partial charge in [0, 0.05) is 16.5 Å². The average Bonchev–Trinajstić information content (AvgIpc) is 3.12. The van der Waals surface area contributed by atoms with Gasteiger partial charge in [0.25, 0.3) is 0 Å². The molecule has 0 radical (unpaired) electrons. The maximum absolute atomic E-state index is 12.6. The number of hydrogen-bond donors (Lipinski definition) is 2. The van der Waals surface area contributed by atoms with Gasteiger partial charge in [-0.3, -0.25) is 4.79 Å². The molecule has 2 aromatic rings. The molecule has 4 rings (SSSR count). The number of hydrogen-bond acceptors (Lipinski definition) is 6. The standard InChI is InChI=1S/C18H22N4OS2.ClH/c1-11-9-13(25-17-22-21-12(2)24-17)3-4-15(11)20-16(23)14-10-18(14)5-7-19-8-6-18;/h3-4,9,14,19H,5-8,10H2,1-2H3,(H,20,23);1H. The van der Waals surface area contributed by atoms with Crippen molar-refractivity contribution in [3.63, 3.8) is 0 Å². The van der Waals surface area contributed by atoms with Gasteiger partial charge in [-0.05, 0) is 75.4 Å². The highest BCUT2D eigenvalue weighted by atomic mass is 35.5. The predicted molar refractivity (Wildman–Crippen MR) is 108 cm³/mol. The Morgan fingerprint density at radius 3 is 2.73 bits per heavy atom. The van der Waals surface area contributed by atoms with Crippen LogP contribution in [0, 0.1) is 25.2 Å². The van der Waals surface area contributed by atoms with E-state index in [0.717, 1.165) is 57.8 Å². The predicted octanol–water partition coefficient (Wildman–Crippen LogP) is 4.06. The molecule has 1 aromatic carbocycles. The van der Waals surface area contributed by atoms with Crippen LogP contribution in [0.2, 0.25) is 0 Å². The molecular formula is C18H23ClN4OS2. The number of aromatic nitrogens is 2. The van der Waals surface area contributed by atoms with Crippen LogP contribution in [0.4, 0.5) is 5.69 Å². The highest BCUT2D eigenvalue weighted by molar-refractivity contribution is 8.01. The van der Waals surface area contributed by atoms with Crippen molar-refractivity contribution in [1.29, 1.82) is 0 Å². The molecular weight excluding hydrogens is 388 g/mol. The highest BCUT2D eigenvalue weighted by Gasteiger charge is 2.57. The summed E-state index contributed by atoms with van der Waals surface area (Å²) in [4.78, 5) is 13.7. The minimum absolute atomic E-state index is 0. The lowest BCUT2D eigenvalue weighted by Crippen LogP contribution is -2.31. The number of piperidine rings is 1. The molecule has 26 heavy (non-hydrogen) atoms. The molecule has 8 heteroatoms. The largest absolute Gasteiger partial charge is 0.326 e. The summed E-state index contributed by atoms with van der Waals surface area (Å²) in [7, 11) is 0. The Kier molecular flexibility index (Phi) is 5.91. The molecule has 2 fully saturated rings. The van der Waals surface area contributed by atoms with Crippen molar-refractivity contribution in [1.82, 2.24) is 15.5 Å².